The highest BCUT2D eigenvalue weighted by Gasteiger charge is 2.23. The molecule has 1 atom stereocenters. The standard InChI is InChI=1S/C16H17FN2O4/c1-8(2)5-13(16(22)23)19-15(21)11-7-14(20)18-12-4-3-9(17)6-10(11)12/h3-4,6-8,13H,5H2,1-2H3,(H,18,20)(H,19,21)(H,22,23)/t13-/m0/s1. The van der Waals surface area contributed by atoms with Gasteiger partial charge >= 0.3 is 5.97 Å². The van der Waals surface area contributed by atoms with Crippen LogP contribution in [0.4, 0.5) is 4.39 Å². The first kappa shape index (κ1) is 16.7. The molecule has 0 aliphatic rings. The minimum absolute atomic E-state index is 0.0572. The Morgan fingerprint density at radius 1 is 1.30 bits per heavy atom. The van der Waals surface area contributed by atoms with Gasteiger partial charge in [-0.3, -0.25) is 9.59 Å². The first-order chi connectivity index (χ1) is 10.8. The molecule has 0 radical (unpaired) electrons. The average Bonchev–Trinajstić information content (AvgIpc) is 2.45. The van der Waals surface area contributed by atoms with Crippen molar-refractivity contribution in [3.8, 4) is 0 Å². The van der Waals surface area contributed by atoms with E-state index in [2.05, 4.69) is 10.3 Å². The van der Waals surface area contributed by atoms with Gasteiger partial charge in [-0.05, 0) is 30.5 Å². The highest BCUT2D eigenvalue weighted by atomic mass is 19.1. The van der Waals surface area contributed by atoms with Gasteiger partial charge in [-0.15, -0.1) is 0 Å². The number of benzene rings is 1. The van der Waals surface area contributed by atoms with E-state index in [0.717, 1.165) is 12.1 Å². The first-order valence-electron chi connectivity index (χ1n) is 7.14. The Labute approximate surface area is 131 Å². The number of aliphatic carboxylic acids is 1. The molecule has 0 saturated carbocycles. The summed E-state index contributed by atoms with van der Waals surface area (Å²) in [5.41, 5.74) is -0.275. The number of carboxylic acids is 1. The van der Waals surface area contributed by atoms with Gasteiger partial charge in [0.1, 0.15) is 11.9 Å². The van der Waals surface area contributed by atoms with Crippen LogP contribution in [0.3, 0.4) is 0 Å². The van der Waals surface area contributed by atoms with Gasteiger partial charge < -0.3 is 15.4 Å². The Morgan fingerprint density at radius 2 is 2.00 bits per heavy atom. The fourth-order valence-electron chi connectivity index (χ4n) is 2.34. The number of amides is 1. The van der Waals surface area contributed by atoms with Crippen LogP contribution in [0.1, 0.15) is 30.6 Å². The van der Waals surface area contributed by atoms with E-state index in [0.29, 0.717) is 5.52 Å². The Morgan fingerprint density at radius 3 is 2.61 bits per heavy atom. The molecule has 3 N–H and O–H groups in total. The topological polar surface area (TPSA) is 99.3 Å². The predicted octanol–water partition coefficient (Wildman–Crippen LogP) is 1.90. The van der Waals surface area contributed by atoms with Crippen LogP contribution in [0.2, 0.25) is 0 Å². The van der Waals surface area contributed by atoms with Crippen LogP contribution in [-0.2, 0) is 4.79 Å². The van der Waals surface area contributed by atoms with E-state index in [-0.39, 0.29) is 23.3 Å². The minimum atomic E-state index is -1.16. The summed E-state index contributed by atoms with van der Waals surface area (Å²) in [7, 11) is 0. The number of nitrogens with one attached hydrogen (secondary N) is 2. The van der Waals surface area contributed by atoms with E-state index < -0.39 is 29.3 Å². The molecule has 1 heterocycles. The molecule has 1 amide bonds. The molecule has 6 nitrogen and oxygen atoms in total. The van der Waals surface area contributed by atoms with Crippen LogP contribution in [-0.4, -0.2) is 28.0 Å². The van der Waals surface area contributed by atoms with Gasteiger partial charge in [0, 0.05) is 17.0 Å². The van der Waals surface area contributed by atoms with Crippen molar-refractivity contribution >= 4 is 22.8 Å². The molecule has 0 unspecified atom stereocenters. The molecule has 2 aromatic rings. The number of H-pyrrole nitrogens is 1. The number of aromatic nitrogens is 1. The third kappa shape index (κ3) is 3.94. The number of rotatable bonds is 5. The van der Waals surface area contributed by atoms with Gasteiger partial charge in [0.2, 0.25) is 5.56 Å². The molecular formula is C16H17FN2O4. The number of fused-ring (bicyclic) bond motifs is 1. The molecule has 23 heavy (non-hydrogen) atoms. The summed E-state index contributed by atoms with van der Waals surface area (Å²) in [5, 5.41) is 11.8. The molecule has 1 aromatic heterocycles. The fraction of sp³-hybridized carbons (Fsp3) is 0.312. The zero-order valence-electron chi connectivity index (χ0n) is 12.7. The zero-order valence-corrected chi connectivity index (χ0v) is 12.7. The maximum Gasteiger partial charge on any atom is 0.326 e. The molecular weight excluding hydrogens is 303 g/mol. The summed E-state index contributed by atoms with van der Waals surface area (Å²) in [6.07, 6.45) is 0.247. The zero-order chi connectivity index (χ0) is 17.1. The van der Waals surface area contributed by atoms with Gasteiger partial charge in [0.25, 0.3) is 5.91 Å². The molecule has 0 bridgehead atoms. The van der Waals surface area contributed by atoms with E-state index >= 15 is 0 Å². The summed E-state index contributed by atoms with van der Waals surface area (Å²) in [6.45, 7) is 3.67. The molecule has 1 aromatic carbocycles. The Balaban J connectivity index is 2.42. The molecule has 0 aliphatic heterocycles. The van der Waals surface area contributed by atoms with Crippen LogP contribution in [0.5, 0.6) is 0 Å². The largest absolute Gasteiger partial charge is 0.480 e. The van der Waals surface area contributed by atoms with Crippen LogP contribution in [0.25, 0.3) is 10.9 Å². The molecule has 0 saturated heterocycles. The van der Waals surface area contributed by atoms with E-state index in [9.17, 15) is 23.9 Å². The lowest BCUT2D eigenvalue weighted by Gasteiger charge is -2.17. The molecule has 122 valence electrons. The highest BCUT2D eigenvalue weighted by molar-refractivity contribution is 6.06. The summed E-state index contributed by atoms with van der Waals surface area (Å²) in [5.74, 6) is -2.38. The SMILES string of the molecule is CC(C)C[C@H](NC(=O)c1cc(=O)[nH]c2ccc(F)cc12)C(=O)O. The summed E-state index contributed by atoms with van der Waals surface area (Å²) >= 11 is 0. The van der Waals surface area contributed by atoms with E-state index in [1.165, 1.54) is 12.1 Å². The van der Waals surface area contributed by atoms with E-state index in [1.807, 2.05) is 13.8 Å². The number of pyridine rings is 1. The van der Waals surface area contributed by atoms with Crippen molar-refractivity contribution in [3.63, 3.8) is 0 Å². The van der Waals surface area contributed by atoms with Crippen LogP contribution >= 0.6 is 0 Å². The molecule has 7 heteroatoms. The highest BCUT2D eigenvalue weighted by Crippen LogP contribution is 2.17. The van der Waals surface area contributed by atoms with Crippen molar-refractivity contribution in [2.75, 3.05) is 0 Å². The van der Waals surface area contributed by atoms with Crippen molar-refractivity contribution in [3.05, 3.63) is 46.0 Å². The van der Waals surface area contributed by atoms with Crippen molar-refractivity contribution in [2.24, 2.45) is 5.92 Å². The number of carbonyl (C=O) groups is 2. The van der Waals surface area contributed by atoms with E-state index in [4.69, 9.17) is 0 Å². The van der Waals surface area contributed by atoms with Crippen molar-refractivity contribution in [1.82, 2.24) is 10.3 Å². The predicted molar refractivity (Wildman–Crippen MR) is 82.9 cm³/mol. The second-order valence-corrected chi connectivity index (χ2v) is 5.73. The van der Waals surface area contributed by atoms with Gasteiger partial charge in [0.15, 0.2) is 0 Å². The third-order valence-corrected chi connectivity index (χ3v) is 3.36. The molecule has 0 aliphatic carbocycles. The van der Waals surface area contributed by atoms with Crippen LogP contribution in [0, 0.1) is 11.7 Å². The number of carbonyl (C=O) groups excluding carboxylic acids is 1. The minimum Gasteiger partial charge on any atom is -0.480 e. The van der Waals surface area contributed by atoms with Gasteiger partial charge in [-0.1, -0.05) is 13.8 Å². The second kappa shape index (κ2) is 6.60. The van der Waals surface area contributed by atoms with Gasteiger partial charge in [-0.2, -0.15) is 0 Å². The lowest BCUT2D eigenvalue weighted by atomic mass is 10.0. The summed E-state index contributed by atoms with van der Waals surface area (Å²) in [6, 6.07) is 3.60. The number of aromatic amines is 1. The maximum atomic E-state index is 13.4. The lowest BCUT2D eigenvalue weighted by molar-refractivity contribution is -0.139. The Kier molecular flexibility index (Phi) is 4.78. The van der Waals surface area contributed by atoms with Crippen LogP contribution in [0.15, 0.2) is 29.1 Å². The van der Waals surface area contributed by atoms with Crippen molar-refractivity contribution in [2.45, 2.75) is 26.3 Å². The lowest BCUT2D eigenvalue weighted by Crippen LogP contribution is -2.42. The Hall–Kier alpha value is -2.70. The number of hydrogen-bond acceptors (Lipinski definition) is 3. The van der Waals surface area contributed by atoms with Gasteiger partial charge in [0.05, 0.1) is 5.56 Å². The normalized spacial score (nSPS) is 12.3. The number of hydrogen-bond donors (Lipinski definition) is 3. The number of carboxylic acid groups (broad SMARTS) is 1. The maximum absolute atomic E-state index is 13.4. The van der Waals surface area contributed by atoms with Gasteiger partial charge in [-0.25, -0.2) is 9.18 Å². The molecule has 0 spiro atoms. The van der Waals surface area contributed by atoms with Crippen molar-refractivity contribution in [1.29, 1.82) is 0 Å². The first-order valence-corrected chi connectivity index (χ1v) is 7.14. The smallest absolute Gasteiger partial charge is 0.326 e. The Bertz CT molecular complexity index is 813. The summed E-state index contributed by atoms with van der Waals surface area (Å²) < 4.78 is 13.4. The fourth-order valence-corrected chi connectivity index (χ4v) is 2.34. The third-order valence-electron chi connectivity index (χ3n) is 3.36. The molecule has 2 rings (SSSR count). The quantitative estimate of drug-likeness (QED) is 0.783. The molecule has 0 fully saturated rings. The monoisotopic (exact) mass is 320 g/mol. The average molecular weight is 320 g/mol. The van der Waals surface area contributed by atoms with Crippen LogP contribution < -0.4 is 10.9 Å². The van der Waals surface area contributed by atoms with Crippen molar-refractivity contribution < 1.29 is 19.1 Å². The summed E-state index contributed by atoms with van der Waals surface area (Å²) in [4.78, 5) is 37.8. The number of halogens is 1. The van der Waals surface area contributed by atoms with E-state index in [1.54, 1.807) is 0 Å². The second-order valence-electron chi connectivity index (χ2n) is 5.73.